The second-order valence-electron chi connectivity index (χ2n) is 8.08. The smallest absolute Gasteiger partial charge is 0.338 e. The zero-order valence-corrected chi connectivity index (χ0v) is 21.9. The molecular weight excluding hydrogens is 496 g/mol. The quantitative estimate of drug-likeness (QED) is 0.347. The minimum Gasteiger partial charge on any atom is -0.497 e. The van der Waals surface area contributed by atoms with Crippen LogP contribution in [0.2, 0.25) is 0 Å². The lowest BCUT2D eigenvalue weighted by atomic mass is 9.95. The second-order valence-corrected chi connectivity index (χ2v) is 9.09. The van der Waals surface area contributed by atoms with Crippen molar-refractivity contribution in [1.82, 2.24) is 4.57 Å². The van der Waals surface area contributed by atoms with E-state index >= 15 is 0 Å². The van der Waals surface area contributed by atoms with Gasteiger partial charge < -0.3 is 18.9 Å². The maximum Gasteiger partial charge on any atom is 0.338 e. The first kappa shape index (κ1) is 25.9. The molecule has 1 atom stereocenters. The predicted molar refractivity (Wildman–Crippen MR) is 138 cm³/mol. The molecule has 4 rings (SSSR count). The van der Waals surface area contributed by atoms with Crippen molar-refractivity contribution < 1.29 is 28.5 Å². The Morgan fingerprint density at radius 2 is 1.89 bits per heavy atom. The van der Waals surface area contributed by atoms with Gasteiger partial charge in [0.2, 0.25) is 0 Å². The number of carbonyl (C=O) groups is 2. The molecule has 0 spiro atoms. The second kappa shape index (κ2) is 10.8. The number of fused-ring (bicyclic) bond motifs is 1. The van der Waals surface area contributed by atoms with Gasteiger partial charge in [-0.05, 0) is 49.8 Å². The first-order chi connectivity index (χ1) is 17.8. The summed E-state index contributed by atoms with van der Waals surface area (Å²) in [6.45, 7) is 4.93. The Balaban J connectivity index is 1.95. The van der Waals surface area contributed by atoms with Crippen LogP contribution in [-0.4, -0.2) is 37.3 Å². The summed E-state index contributed by atoms with van der Waals surface area (Å²) < 4.78 is 23.3. The molecule has 37 heavy (non-hydrogen) atoms. The molecule has 0 fully saturated rings. The average Bonchev–Trinajstić information content (AvgIpc) is 3.16. The highest BCUT2D eigenvalue weighted by Gasteiger charge is 2.35. The monoisotopic (exact) mass is 522 g/mol. The highest BCUT2D eigenvalue weighted by Crippen LogP contribution is 2.37. The first-order valence-electron chi connectivity index (χ1n) is 11.5. The fourth-order valence-electron chi connectivity index (χ4n) is 4.12. The number of hydrogen-bond donors (Lipinski definition) is 0. The van der Waals surface area contributed by atoms with Gasteiger partial charge in [-0.25, -0.2) is 9.79 Å². The largest absolute Gasteiger partial charge is 0.497 e. The van der Waals surface area contributed by atoms with Gasteiger partial charge >= 0.3 is 11.9 Å². The minimum atomic E-state index is -0.828. The molecule has 192 valence electrons. The third-order valence-electron chi connectivity index (χ3n) is 5.67. The van der Waals surface area contributed by atoms with E-state index in [-0.39, 0.29) is 17.7 Å². The Kier molecular flexibility index (Phi) is 7.58. The Morgan fingerprint density at radius 1 is 1.11 bits per heavy atom. The van der Waals surface area contributed by atoms with Crippen LogP contribution in [-0.2, 0) is 14.3 Å². The van der Waals surface area contributed by atoms with Crippen molar-refractivity contribution in [2.75, 3.05) is 20.8 Å². The fourth-order valence-corrected chi connectivity index (χ4v) is 5.16. The molecule has 0 saturated heterocycles. The number of rotatable bonds is 7. The number of benzene rings is 2. The Bertz CT molecular complexity index is 1580. The molecule has 9 nitrogen and oxygen atoms in total. The van der Waals surface area contributed by atoms with Gasteiger partial charge in [-0.1, -0.05) is 23.5 Å². The third kappa shape index (κ3) is 5.19. The number of allylic oxidation sites excluding steroid dienone is 1. The predicted octanol–water partition coefficient (Wildman–Crippen LogP) is 2.74. The Hall–Kier alpha value is -4.18. The standard InChI is InChI=1S/C27H26N2O7S/c1-6-35-26(32)23-15(2)28-27-29(24(23)20-11-10-18(33-4)14-21(20)34-5)25(31)22(37-27)13-17-8-7-9-19(12-17)36-16(3)30/h7-14,24H,6H2,1-5H3/b22-13-/t24-/m0/s1. The maximum absolute atomic E-state index is 13.8. The van der Waals surface area contributed by atoms with Crippen LogP contribution in [0.1, 0.15) is 37.9 Å². The number of ether oxygens (including phenoxy) is 4. The highest BCUT2D eigenvalue weighted by molar-refractivity contribution is 7.07. The number of carbonyl (C=O) groups excluding carboxylic acids is 2. The molecule has 0 saturated carbocycles. The molecule has 0 N–H and O–H groups in total. The Labute approximate surface area is 216 Å². The number of esters is 2. The molecule has 0 bridgehead atoms. The van der Waals surface area contributed by atoms with E-state index in [2.05, 4.69) is 4.99 Å². The van der Waals surface area contributed by atoms with E-state index in [0.29, 0.717) is 43.4 Å². The number of methoxy groups -OCH3 is 2. The van der Waals surface area contributed by atoms with Gasteiger partial charge in [-0.15, -0.1) is 0 Å². The molecule has 1 aliphatic heterocycles. The van der Waals surface area contributed by atoms with E-state index in [1.807, 2.05) is 0 Å². The lowest BCUT2D eigenvalue weighted by Gasteiger charge is -2.26. The normalized spacial score (nSPS) is 15.1. The molecule has 1 aromatic heterocycles. The van der Waals surface area contributed by atoms with Gasteiger partial charge in [-0.3, -0.25) is 14.2 Å². The minimum absolute atomic E-state index is 0.172. The first-order valence-corrected chi connectivity index (χ1v) is 12.3. The molecule has 0 unspecified atom stereocenters. The summed E-state index contributed by atoms with van der Waals surface area (Å²) in [5.41, 5.74) is 1.62. The van der Waals surface area contributed by atoms with Crippen LogP contribution >= 0.6 is 11.3 Å². The van der Waals surface area contributed by atoms with E-state index in [9.17, 15) is 14.4 Å². The van der Waals surface area contributed by atoms with Crippen molar-refractivity contribution in [3.63, 3.8) is 0 Å². The van der Waals surface area contributed by atoms with Crippen LogP contribution < -0.4 is 29.1 Å². The zero-order chi connectivity index (χ0) is 26.7. The molecule has 2 aromatic carbocycles. The van der Waals surface area contributed by atoms with Crippen LogP contribution in [0.15, 0.2) is 63.5 Å². The van der Waals surface area contributed by atoms with Gasteiger partial charge in [0.15, 0.2) is 4.80 Å². The molecule has 0 aliphatic carbocycles. The average molecular weight is 523 g/mol. The van der Waals surface area contributed by atoms with Gasteiger partial charge in [0.25, 0.3) is 5.56 Å². The molecular formula is C27H26N2O7S. The van der Waals surface area contributed by atoms with Crippen LogP contribution in [0, 0.1) is 0 Å². The van der Waals surface area contributed by atoms with Crippen molar-refractivity contribution in [1.29, 1.82) is 0 Å². The molecule has 0 amide bonds. The van der Waals surface area contributed by atoms with Crippen molar-refractivity contribution in [3.05, 3.63) is 84.5 Å². The van der Waals surface area contributed by atoms with E-state index in [4.69, 9.17) is 18.9 Å². The van der Waals surface area contributed by atoms with Crippen LogP contribution in [0.25, 0.3) is 6.08 Å². The van der Waals surface area contributed by atoms with Crippen LogP contribution in [0.3, 0.4) is 0 Å². The van der Waals surface area contributed by atoms with Crippen molar-refractivity contribution >= 4 is 29.4 Å². The van der Waals surface area contributed by atoms with E-state index in [0.717, 1.165) is 0 Å². The summed E-state index contributed by atoms with van der Waals surface area (Å²) in [7, 11) is 3.06. The van der Waals surface area contributed by atoms with Crippen LogP contribution in [0.5, 0.6) is 17.2 Å². The van der Waals surface area contributed by atoms with Gasteiger partial charge in [-0.2, -0.15) is 0 Å². The fraction of sp³-hybridized carbons (Fsp3) is 0.259. The summed E-state index contributed by atoms with van der Waals surface area (Å²) in [4.78, 5) is 43.2. The number of nitrogens with zero attached hydrogens (tertiary/aromatic N) is 2. The summed E-state index contributed by atoms with van der Waals surface area (Å²) in [5.74, 6) is 0.390. The number of hydrogen-bond acceptors (Lipinski definition) is 9. The SMILES string of the molecule is CCOC(=O)C1=C(C)N=c2s/c(=C\c3cccc(OC(C)=O)c3)c(=O)n2[C@H]1c1ccc(OC)cc1OC. The molecule has 0 radical (unpaired) electrons. The summed E-state index contributed by atoms with van der Waals surface area (Å²) in [5, 5.41) is 0. The van der Waals surface area contributed by atoms with Gasteiger partial charge in [0.1, 0.15) is 23.3 Å². The van der Waals surface area contributed by atoms with Gasteiger partial charge in [0, 0.05) is 18.6 Å². The summed E-state index contributed by atoms with van der Waals surface area (Å²) >= 11 is 1.20. The summed E-state index contributed by atoms with van der Waals surface area (Å²) in [6.07, 6.45) is 1.70. The van der Waals surface area contributed by atoms with Crippen molar-refractivity contribution in [2.24, 2.45) is 4.99 Å². The van der Waals surface area contributed by atoms with Crippen molar-refractivity contribution in [2.45, 2.75) is 26.8 Å². The molecule has 10 heteroatoms. The van der Waals surface area contributed by atoms with E-state index < -0.39 is 18.0 Å². The van der Waals surface area contributed by atoms with Gasteiger partial charge in [0.05, 0.1) is 36.6 Å². The number of aromatic nitrogens is 1. The number of thiazole rings is 1. The Morgan fingerprint density at radius 3 is 2.57 bits per heavy atom. The summed E-state index contributed by atoms with van der Waals surface area (Å²) in [6, 6.07) is 11.2. The highest BCUT2D eigenvalue weighted by atomic mass is 32.1. The van der Waals surface area contributed by atoms with Crippen LogP contribution in [0.4, 0.5) is 0 Å². The lowest BCUT2D eigenvalue weighted by molar-refractivity contribution is -0.139. The van der Waals surface area contributed by atoms with E-state index in [1.165, 1.54) is 29.9 Å². The maximum atomic E-state index is 13.8. The molecule has 1 aliphatic rings. The topological polar surface area (TPSA) is 105 Å². The lowest BCUT2D eigenvalue weighted by Crippen LogP contribution is -2.40. The zero-order valence-electron chi connectivity index (χ0n) is 21.1. The molecule has 3 aromatic rings. The van der Waals surface area contributed by atoms with E-state index in [1.54, 1.807) is 69.5 Å². The third-order valence-corrected chi connectivity index (χ3v) is 6.65. The molecule has 2 heterocycles. The van der Waals surface area contributed by atoms with Crippen molar-refractivity contribution in [3.8, 4) is 17.2 Å².